The van der Waals surface area contributed by atoms with E-state index in [-0.39, 0.29) is 19.0 Å². The maximum absolute atomic E-state index is 15.7. The molecule has 0 aromatic heterocycles. The van der Waals surface area contributed by atoms with Crippen molar-refractivity contribution in [3.63, 3.8) is 0 Å². The van der Waals surface area contributed by atoms with E-state index in [0.717, 1.165) is 36.1 Å². The van der Waals surface area contributed by atoms with Crippen LogP contribution in [0.2, 0.25) is 0 Å². The number of hydrogen-bond donors (Lipinski definition) is 1. The number of cyclic esters (lactones) is 1. The number of benzene rings is 1. The van der Waals surface area contributed by atoms with Crippen LogP contribution in [0.15, 0.2) is 30.3 Å². The molecule has 2 saturated heterocycles. The largest absolute Gasteiger partial charge is 0.447 e. The summed E-state index contributed by atoms with van der Waals surface area (Å²) in [6.45, 7) is 2.03. The summed E-state index contributed by atoms with van der Waals surface area (Å²) in [6, 6.07) is 8.11. The number of alkyl halides is 1. The number of piperidine rings is 1. The smallest absolute Gasteiger partial charge is 0.411 e. The number of unbranched alkanes of at least 4 members (excludes halogenated alkanes) is 9. The van der Waals surface area contributed by atoms with Gasteiger partial charge in [-0.2, -0.15) is 0 Å². The summed E-state index contributed by atoms with van der Waals surface area (Å²) >= 11 is 0. The number of nitrogens with zero attached hydrogens (tertiary/aromatic N) is 1. The van der Waals surface area contributed by atoms with Gasteiger partial charge in [0, 0.05) is 0 Å². The summed E-state index contributed by atoms with van der Waals surface area (Å²) in [5, 5.41) is 9.00. The van der Waals surface area contributed by atoms with Crippen LogP contribution in [0.4, 0.5) is 9.18 Å². The van der Waals surface area contributed by atoms with E-state index in [4.69, 9.17) is 9.47 Å². The summed E-state index contributed by atoms with van der Waals surface area (Å²) in [4.78, 5) is 13.2. The zero-order chi connectivity index (χ0) is 25.3. The van der Waals surface area contributed by atoms with Gasteiger partial charge in [0.05, 0.1) is 18.4 Å². The van der Waals surface area contributed by atoms with Gasteiger partial charge in [-0.25, -0.2) is 17.6 Å². The fraction of sp³-hybridized carbons (Fsp3) is 0.731. The second-order valence-corrected chi connectivity index (χ2v) is 11.9. The van der Waals surface area contributed by atoms with E-state index in [0.29, 0.717) is 6.42 Å². The van der Waals surface area contributed by atoms with Crippen LogP contribution in [-0.2, 0) is 25.9 Å². The quantitative estimate of drug-likeness (QED) is 0.340. The summed E-state index contributed by atoms with van der Waals surface area (Å²) in [6.07, 6.45) is 4.75. The van der Waals surface area contributed by atoms with Crippen LogP contribution in [0, 0.1) is 0 Å². The molecule has 1 unspecified atom stereocenters. The molecule has 0 spiro atoms. The van der Waals surface area contributed by atoms with Crippen molar-refractivity contribution in [2.75, 3.05) is 12.4 Å². The number of ether oxygens (including phenoxy) is 2. The third-order valence-electron chi connectivity index (χ3n) is 6.97. The molecule has 0 radical (unpaired) electrons. The number of aliphatic hydroxyl groups excluding tert-OH is 1. The minimum atomic E-state index is -4.01. The standard InChI is InChI=1S/C26H40FNO6S/c1-2-3-4-5-6-7-8-9-10-14-17-35(31,32)25-22(27)24(33-18-20-15-12-11-13-16-20)23(29)21-19-34-26(30)28(21)25/h11-13,15-16,21-25,29H,2-10,14,17-19H2,1H3/t21-,22-,23?,24-,25-/m1/s1. The predicted molar refractivity (Wildman–Crippen MR) is 132 cm³/mol. The Hall–Kier alpha value is -1.71. The summed E-state index contributed by atoms with van der Waals surface area (Å²) < 4.78 is 52.8. The van der Waals surface area contributed by atoms with Crippen molar-refractivity contribution in [2.24, 2.45) is 0 Å². The van der Waals surface area contributed by atoms with E-state index in [1.54, 1.807) is 12.1 Å². The maximum Gasteiger partial charge on any atom is 0.411 e. The molecule has 3 rings (SSSR count). The fourth-order valence-electron chi connectivity index (χ4n) is 4.97. The SMILES string of the molecule is CCCCCCCCCCCCS(=O)(=O)[C@@H]1[C@H](F)[C@@H](OCc2ccccc2)C(O)[C@H]2COC(=O)N21. The Kier molecular flexibility index (Phi) is 10.8. The van der Waals surface area contributed by atoms with E-state index in [2.05, 4.69) is 6.92 Å². The fourth-order valence-corrected chi connectivity index (χ4v) is 6.95. The monoisotopic (exact) mass is 513 g/mol. The van der Waals surface area contributed by atoms with E-state index >= 15 is 4.39 Å². The van der Waals surface area contributed by atoms with Gasteiger partial charge >= 0.3 is 6.09 Å². The number of halogens is 1. The van der Waals surface area contributed by atoms with Crippen LogP contribution < -0.4 is 0 Å². The topological polar surface area (TPSA) is 93.1 Å². The highest BCUT2D eigenvalue weighted by Crippen LogP contribution is 2.36. The molecule has 1 N–H and O–H groups in total. The molecular formula is C26H40FNO6S. The number of carbonyl (C=O) groups is 1. The van der Waals surface area contributed by atoms with Gasteiger partial charge in [0.15, 0.2) is 21.4 Å². The molecule has 2 aliphatic rings. The van der Waals surface area contributed by atoms with Crippen LogP contribution in [0.25, 0.3) is 0 Å². The van der Waals surface area contributed by atoms with Crippen molar-refractivity contribution in [2.45, 2.75) is 108 Å². The number of sulfone groups is 1. The maximum atomic E-state index is 15.7. The van der Waals surface area contributed by atoms with Crippen molar-refractivity contribution in [3.8, 4) is 0 Å². The van der Waals surface area contributed by atoms with Crippen LogP contribution in [0.5, 0.6) is 0 Å². The van der Waals surface area contributed by atoms with Crippen LogP contribution in [0.3, 0.4) is 0 Å². The number of rotatable bonds is 15. The molecule has 1 aromatic carbocycles. The highest BCUT2D eigenvalue weighted by Gasteiger charge is 2.59. The minimum absolute atomic E-state index is 0.0235. The highest BCUT2D eigenvalue weighted by molar-refractivity contribution is 7.92. The Morgan fingerprint density at radius 1 is 1.03 bits per heavy atom. The van der Waals surface area contributed by atoms with Crippen LogP contribution in [-0.4, -0.2) is 66.7 Å². The molecule has 1 aromatic rings. The Bertz CT molecular complexity index is 883. The molecule has 0 bridgehead atoms. The Labute approximate surface area is 208 Å². The third-order valence-corrected chi connectivity index (χ3v) is 9.05. The molecule has 9 heteroatoms. The van der Waals surface area contributed by atoms with E-state index < -0.39 is 45.7 Å². The molecule has 35 heavy (non-hydrogen) atoms. The second kappa shape index (κ2) is 13.6. The zero-order valence-corrected chi connectivity index (χ0v) is 21.5. The third kappa shape index (κ3) is 7.40. The van der Waals surface area contributed by atoms with E-state index in [1.807, 2.05) is 18.2 Å². The van der Waals surface area contributed by atoms with Gasteiger partial charge in [0.25, 0.3) is 0 Å². The first-order chi connectivity index (χ1) is 16.9. The summed E-state index contributed by atoms with van der Waals surface area (Å²) in [5.41, 5.74) is 0.776. The lowest BCUT2D eigenvalue weighted by Gasteiger charge is -2.44. The minimum Gasteiger partial charge on any atom is -0.447 e. The van der Waals surface area contributed by atoms with Gasteiger partial charge in [0.1, 0.15) is 18.8 Å². The van der Waals surface area contributed by atoms with Gasteiger partial charge < -0.3 is 14.6 Å². The van der Waals surface area contributed by atoms with Crippen LogP contribution in [0.1, 0.15) is 76.7 Å². The van der Waals surface area contributed by atoms with Gasteiger partial charge in [-0.1, -0.05) is 95.0 Å². The summed E-state index contributed by atoms with van der Waals surface area (Å²) in [5.74, 6) is -0.216. The lowest BCUT2D eigenvalue weighted by molar-refractivity contribution is -0.137. The molecule has 1 amide bonds. The lowest BCUT2D eigenvalue weighted by Crippen LogP contribution is -2.67. The van der Waals surface area contributed by atoms with Gasteiger partial charge in [-0.15, -0.1) is 0 Å². The molecule has 198 valence electrons. The number of amides is 1. The number of carbonyl (C=O) groups excluding carboxylic acids is 1. The first-order valence-electron chi connectivity index (χ1n) is 13.0. The number of hydrogen-bond acceptors (Lipinski definition) is 6. The highest BCUT2D eigenvalue weighted by atomic mass is 32.2. The van der Waals surface area contributed by atoms with Crippen LogP contribution >= 0.6 is 0 Å². The first-order valence-corrected chi connectivity index (χ1v) is 14.7. The van der Waals surface area contributed by atoms with Crippen molar-refractivity contribution in [1.29, 1.82) is 0 Å². The van der Waals surface area contributed by atoms with Gasteiger partial charge in [-0.05, 0) is 12.0 Å². The molecule has 7 nitrogen and oxygen atoms in total. The molecule has 0 aliphatic carbocycles. The Balaban J connectivity index is 1.56. The molecule has 2 fully saturated rings. The van der Waals surface area contributed by atoms with Crippen molar-refractivity contribution in [1.82, 2.24) is 4.90 Å². The Morgan fingerprint density at radius 3 is 2.26 bits per heavy atom. The number of aliphatic hydroxyl groups is 1. The molecular weight excluding hydrogens is 473 g/mol. The molecule has 2 aliphatic heterocycles. The summed E-state index contributed by atoms with van der Waals surface area (Å²) in [7, 11) is -4.01. The van der Waals surface area contributed by atoms with Crippen molar-refractivity contribution < 1.29 is 32.2 Å². The number of fused-ring (bicyclic) bond motifs is 1. The Morgan fingerprint density at radius 2 is 1.63 bits per heavy atom. The lowest BCUT2D eigenvalue weighted by atomic mass is 9.95. The van der Waals surface area contributed by atoms with E-state index in [9.17, 15) is 18.3 Å². The second-order valence-electron chi connectivity index (χ2n) is 9.69. The van der Waals surface area contributed by atoms with Crippen molar-refractivity contribution in [3.05, 3.63) is 35.9 Å². The predicted octanol–water partition coefficient (Wildman–Crippen LogP) is 4.77. The van der Waals surface area contributed by atoms with Crippen molar-refractivity contribution >= 4 is 15.9 Å². The van der Waals surface area contributed by atoms with Gasteiger partial charge in [-0.3, -0.25) is 4.90 Å². The molecule has 2 heterocycles. The molecule has 0 saturated carbocycles. The zero-order valence-electron chi connectivity index (χ0n) is 20.7. The van der Waals surface area contributed by atoms with Gasteiger partial charge in [0.2, 0.25) is 0 Å². The van der Waals surface area contributed by atoms with E-state index in [1.165, 1.54) is 32.1 Å². The first kappa shape index (κ1) is 27.9. The average molecular weight is 514 g/mol. The normalized spacial score (nSPS) is 26.5. The molecule has 5 atom stereocenters. The average Bonchev–Trinajstić information content (AvgIpc) is 3.22.